The predicted octanol–water partition coefficient (Wildman–Crippen LogP) is 5.01. The molecule has 3 atom stereocenters. The molecule has 0 saturated heterocycles. The zero-order valence-electron chi connectivity index (χ0n) is 15.9. The lowest BCUT2D eigenvalue weighted by Gasteiger charge is -2.21. The third-order valence-corrected chi connectivity index (χ3v) is 4.12. The summed E-state index contributed by atoms with van der Waals surface area (Å²) in [6.07, 6.45) is 7.70. The molecule has 0 radical (unpaired) electrons. The van der Waals surface area contributed by atoms with E-state index in [0.717, 1.165) is 18.4 Å². The van der Waals surface area contributed by atoms with E-state index in [1.165, 1.54) is 5.57 Å². The molecule has 1 aromatic carbocycles. The highest BCUT2D eigenvalue weighted by Crippen LogP contribution is 2.21. The number of allylic oxidation sites excluding steroid dienone is 2. The number of carbonyl (C=O) groups is 1. The van der Waals surface area contributed by atoms with Crippen molar-refractivity contribution in [3.8, 4) is 0 Å². The first-order chi connectivity index (χ1) is 11.9. The molecule has 3 unspecified atom stereocenters. The molecule has 3 heteroatoms. The molecule has 0 saturated carbocycles. The molecule has 1 aromatic rings. The fourth-order valence-corrected chi connectivity index (χ4v) is 2.71. The Morgan fingerprint density at radius 3 is 2.52 bits per heavy atom. The maximum atomic E-state index is 12.2. The molecule has 0 aliphatic rings. The number of benzene rings is 1. The maximum Gasteiger partial charge on any atom is 0.315 e. The second-order valence-electron chi connectivity index (χ2n) is 6.81. The van der Waals surface area contributed by atoms with Crippen LogP contribution in [0.3, 0.4) is 0 Å². The standard InChI is InChI=1S/C22H32O3/c1-5-25-22(24)20(15-14-19-12-7-6-8-13-19)21(23)16-18(4)11-9-10-17(2)3/h6-8,10,12-15,18,20-21,23H,5,9,11,16H2,1-4H3/b15-14+. The lowest BCUT2D eigenvalue weighted by molar-refractivity contribution is -0.149. The molecule has 0 amide bonds. The number of aliphatic hydroxyl groups excluding tert-OH is 1. The summed E-state index contributed by atoms with van der Waals surface area (Å²) < 4.78 is 5.15. The largest absolute Gasteiger partial charge is 0.465 e. The monoisotopic (exact) mass is 344 g/mol. The van der Waals surface area contributed by atoms with Crippen molar-refractivity contribution in [3.05, 3.63) is 53.6 Å². The number of ether oxygens (including phenoxy) is 1. The van der Waals surface area contributed by atoms with Crippen LogP contribution in [0, 0.1) is 11.8 Å². The summed E-state index contributed by atoms with van der Waals surface area (Å²) in [6.45, 7) is 8.39. The Bertz CT molecular complexity index is 556. The Kier molecular flexibility index (Phi) is 9.86. The third kappa shape index (κ3) is 8.69. The highest BCUT2D eigenvalue weighted by atomic mass is 16.5. The van der Waals surface area contributed by atoms with E-state index in [-0.39, 0.29) is 5.97 Å². The fraction of sp³-hybridized carbons (Fsp3) is 0.500. The summed E-state index contributed by atoms with van der Waals surface area (Å²) in [7, 11) is 0. The van der Waals surface area contributed by atoms with E-state index in [1.807, 2.05) is 36.4 Å². The van der Waals surface area contributed by atoms with Gasteiger partial charge >= 0.3 is 5.97 Å². The number of rotatable bonds is 10. The molecule has 0 spiro atoms. The van der Waals surface area contributed by atoms with Crippen LogP contribution in [0.1, 0.15) is 52.5 Å². The second-order valence-corrected chi connectivity index (χ2v) is 6.81. The lowest BCUT2D eigenvalue weighted by Crippen LogP contribution is -2.30. The number of hydrogen-bond donors (Lipinski definition) is 1. The smallest absolute Gasteiger partial charge is 0.315 e. The molecule has 3 nitrogen and oxygen atoms in total. The van der Waals surface area contributed by atoms with Gasteiger partial charge in [-0.3, -0.25) is 4.79 Å². The Balaban J connectivity index is 2.72. The van der Waals surface area contributed by atoms with Gasteiger partial charge in [-0.1, -0.05) is 61.1 Å². The van der Waals surface area contributed by atoms with Crippen LogP contribution in [-0.4, -0.2) is 23.8 Å². The molecular formula is C22H32O3. The number of carbonyl (C=O) groups excluding carboxylic acids is 1. The van der Waals surface area contributed by atoms with E-state index in [4.69, 9.17) is 4.74 Å². The summed E-state index contributed by atoms with van der Waals surface area (Å²) in [4.78, 5) is 12.2. The van der Waals surface area contributed by atoms with Crippen molar-refractivity contribution in [3.63, 3.8) is 0 Å². The quantitative estimate of drug-likeness (QED) is 0.479. The van der Waals surface area contributed by atoms with E-state index in [0.29, 0.717) is 18.9 Å². The van der Waals surface area contributed by atoms with E-state index < -0.39 is 12.0 Å². The number of esters is 1. The molecule has 0 aliphatic carbocycles. The second kappa shape index (κ2) is 11.6. The summed E-state index contributed by atoms with van der Waals surface area (Å²) in [5, 5.41) is 10.6. The minimum absolute atomic E-state index is 0.317. The molecule has 138 valence electrons. The molecule has 25 heavy (non-hydrogen) atoms. The van der Waals surface area contributed by atoms with Gasteiger partial charge < -0.3 is 9.84 Å². The molecule has 1 rings (SSSR count). The summed E-state index contributed by atoms with van der Waals surface area (Å²) in [6, 6.07) is 9.77. The van der Waals surface area contributed by atoms with Gasteiger partial charge in [0.1, 0.15) is 5.92 Å². The minimum atomic E-state index is -0.735. The first kappa shape index (κ1) is 21.2. The topological polar surface area (TPSA) is 46.5 Å². The highest BCUT2D eigenvalue weighted by Gasteiger charge is 2.26. The molecule has 0 bridgehead atoms. The van der Waals surface area contributed by atoms with Gasteiger partial charge in [-0.25, -0.2) is 0 Å². The Hall–Kier alpha value is -1.87. The van der Waals surface area contributed by atoms with E-state index >= 15 is 0 Å². The van der Waals surface area contributed by atoms with Gasteiger partial charge in [0.05, 0.1) is 12.7 Å². The van der Waals surface area contributed by atoms with Gasteiger partial charge in [0.15, 0.2) is 0 Å². The van der Waals surface area contributed by atoms with Gasteiger partial charge in [-0.2, -0.15) is 0 Å². The first-order valence-electron chi connectivity index (χ1n) is 9.15. The van der Waals surface area contributed by atoms with Crippen molar-refractivity contribution in [1.29, 1.82) is 0 Å². The summed E-state index contributed by atoms with van der Waals surface area (Å²) >= 11 is 0. The van der Waals surface area contributed by atoms with Crippen LogP contribution < -0.4 is 0 Å². The highest BCUT2D eigenvalue weighted by molar-refractivity contribution is 5.76. The van der Waals surface area contributed by atoms with E-state index in [9.17, 15) is 9.90 Å². The first-order valence-corrected chi connectivity index (χ1v) is 9.15. The summed E-state index contributed by atoms with van der Waals surface area (Å²) in [5.74, 6) is -0.655. The predicted molar refractivity (Wildman–Crippen MR) is 104 cm³/mol. The molecule has 0 heterocycles. The van der Waals surface area contributed by atoms with Crippen LogP contribution in [0.5, 0.6) is 0 Å². The zero-order valence-corrected chi connectivity index (χ0v) is 15.9. The van der Waals surface area contributed by atoms with E-state index in [2.05, 4.69) is 26.8 Å². The van der Waals surface area contributed by atoms with Gasteiger partial charge in [0.2, 0.25) is 0 Å². The van der Waals surface area contributed by atoms with Crippen LogP contribution in [0.2, 0.25) is 0 Å². The normalized spacial score (nSPS) is 14.8. The van der Waals surface area contributed by atoms with Crippen LogP contribution >= 0.6 is 0 Å². The molecule has 1 N–H and O–H groups in total. The van der Waals surface area contributed by atoms with Gasteiger partial charge in [0.25, 0.3) is 0 Å². The average Bonchev–Trinajstić information content (AvgIpc) is 2.55. The molecule has 0 aromatic heterocycles. The molecular weight excluding hydrogens is 312 g/mol. The minimum Gasteiger partial charge on any atom is -0.465 e. The van der Waals surface area contributed by atoms with Crippen molar-refractivity contribution in [2.75, 3.05) is 6.61 Å². The van der Waals surface area contributed by atoms with Crippen molar-refractivity contribution in [1.82, 2.24) is 0 Å². The van der Waals surface area contributed by atoms with Gasteiger partial charge in [-0.15, -0.1) is 0 Å². The summed E-state index contributed by atoms with van der Waals surface area (Å²) in [5.41, 5.74) is 2.31. The zero-order chi connectivity index (χ0) is 18.7. The molecule has 0 aliphatic heterocycles. The SMILES string of the molecule is CCOC(=O)C(/C=C/c1ccccc1)C(O)CC(C)CCC=C(C)C. The van der Waals surface area contributed by atoms with Crippen LogP contribution in [0.25, 0.3) is 6.08 Å². The van der Waals surface area contributed by atoms with Crippen molar-refractivity contribution in [2.24, 2.45) is 11.8 Å². The third-order valence-electron chi connectivity index (χ3n) is 4.12. The lowest BCUT2D eigenvalue weighted by atomic mass is 9.90. The number of hydrogen-bond acceptors (Lipinski definition) is 3. The van der Waals surface area contributed by atoms with Crippen LogP contribution in [0.4, 0.5) is 0 Å². The van der Waals surface area contributed by atoms with Gasteiger partial charge in [-0.05, 0) is 51.5 Å². The number of aliphatic hydroxyl groups is 1. The fourth-order valence-electron chi connectivity index (χ4n) is 2.71. The van der Waals surface area contributed by atoms with Crippen molar-refractivity contribution in [2.45, 2.75) is 53.1 Å². The van der Waals surface area contributed by atoms with E-state index in [1.54, 1.807) is 13.0 Å². The Morgan fingerprint density at radius 1 is 1.24 bits per heavy atom. The Labute approximate surface area is 152 Å². The molecule has 0 fully saturated rings. The van der Waals surface area contributed by atoms with Crippen molar-refractivity contribution >= 4 is 12.0 Å². The average molecular weight is 344 g/mol. The van der Waals surface area contributed by atoms with Crippen LogP contribution in [-0.2, 0) is 9.53 Å². The Morgan fingerprint density at radius 2 is 1.92 bits per heavy atom. The maximum absolute atomic E-state index is 12.2. The van der Waals surface area contributed by atoms with Crippen molar-refractivity contribution < 1.29 is 14.6 Å². The van der Waals surface area contributed by atoms with Crippen LogP contribution in [0.15, 0.2) is 48.1 Å². The van der Waals surface area contributed by atoms with Gasteiger partial charge in [0, 0.05) is 0 Å².